The fourth-order valence-corrected chi connectivity index (χ4v) is 2.41. The zero-order chi connectivity index (χ0) is 15.3. The first-order chi connectivity index (χ1) is 9.32. The van der Waals surface area contributed by atoms with Crippen molar-refractivity contribution in [3.8, 4) is 6.07 Å². The average molecular weight is 281 g/mol. The van der Waals surface area contributed by atoms with E-state index in [1.807, 2.05) is 6.07 Å². The summed E-state index contributed by atoms with van der Waals surface area (Å²) in [6, 6.07) is 1.34. The number of carbonyl (C=O) groups is 2. The van der Waals surface area contributed by atoms with Crippen molar-refractivity contribution in [1.82, 2.24) is 10.2 Å². The van der Waals surface area contributed by atoms with Gasteiger partial charge in [-0.1, -0.05) is 6.92 Å². The van der Waals surface area contributed by atoms with E-state index in [2.05, 4.69) is 12.2 Å². The fourth-order valence-electron chi connectivity index (χ4n) is 2.41. The van der Waals surface area contributed by atoms with Crippen LogP contribution in [0.2, 0.25) is 0 Å². The fraction of sp³-hybridized carbons (Fsp3) is 0.786. The Kier molecular flexibility index (Phi) is 5.37. The summed E-state index contributed by atoms with van der Waals surface area (Å²) in [5.41, 5.74) is -1.16. The van der Waals surface area contributed by atoms with Crippen LogP contribution in [0.25, 0.3) is 0 Å². The standard InChI is InChI=1S/C14H23N3O3/c1-10-4-7-14(8-5-10,12(18)19)16-13(20)17(3)11(2)6-9-15/h10-11H,4-8H2,1-3H3,(H,16,20)(H,18,19). The number of rotatable bonds is 4. The third kappa shape index (κ3) is 3.62. The first-order valence-electron chi connectivity index (χ1n) is 6.97. The van der Waals surface area contributed by atoms with E-state index in [1.54, 1.807) is 14.0 Å². The minimum atomic E-state index is -1.16. The van der Waals surface area contributed by atoms with Crippen LogP contribution in [0, 0.1) is 17.2 Å². The number of hydrogen-bond donors (Lipinski definition) is 2. The molecule has 1 atom stereocenters. The Balaban J connectivity index is 2.74. The van der Waals surface area contributed by atoms with Gasteiger partial charge in [0.15, 0.2) is 0 Å². The predicted octanol–water partition coefficient (Wildman–Crippen LogP) is 1.96. The third-order valence-corrected chi connectivity index (χ3v) is 4.25. The van der Waals surface area contributed by atoms with Crippen molar-refractivity contribution in [1.29, 1.82) is 5.26 Å². The van der Waals surface area contributed by atoms with Gasteiger partial charge >= 0.3 is 12.0 Å². The highest BCUT2D eigenvalue weighted by Crippen LogP contribution is 2.32. The molecule has 1 aliphatic carbocycles. The van der Waals surface area contributed by atoms with Gasteiger partial charge in [-0.2, -0.15) is 5.26 Å². The van der Waals surface area contributed by atoms with Crippen molar-refractivity contribution < 1.29 is 14.7 Å². The maximum absolute atomic E-state index is 12.2. The van der Waals surface area contributed by atoms with Crippen LogP contribution in [0.5, 0.6) is 0 Å². The average Bonchev–Trinajstić information content (AvgIpc) is 2.40. The summed E-state index contributed by atoms with van der Waals surface area (Å²) < 4.78 is 0. The van der Waals surface area contributed by atoms with Crippen LogP contribution in [-0.4, -0.2) is 40.6 Å². The Bertz CT molecular complexity index is 408. The van der Waals surface area contributed by atoms with Crippen LogP contribution in [-0.2, 0) is 4.79 Å². The highest BCUT2D eigenvalue weighted by atomic mass is 16.4. The third-order valence-electron chi connectivity index (χ3n) is 4.25. The number of nitrogens with zero attached hydrogens (tertiary/aromatic N) is 2. The van der Waals surface area contributed by atoms with E-state index in [1.165, 1.54) is 4.90 Å². The minimum Gasteiger partial charge on any atom is -0.480 e. The summed E-state index contributed by atoms with van der Waals surface area (Å²) in [5.74, 6) is -0.478. The number of carbonyl (C=O) groups excluding carboxylic acids is 1. The molecule has 0 aromatic carbocycles. The maximum Gasteiger partial charge on any atom is 0.329 e. The van der Waals surface area contributed by atoms with Crippen LogP contribution >= 0.6 is 0 Å². The smallest absolute Gasteiger partial charge is 0.329 e. The summed E-state index contributed by atoms with van der Waals surface area (Å²) in [5, 5.41) is 20.8. The molecule has 6 heteroatoms. The number of hydrogen-bond acceptors (Lipinski definition) is 3. The molecule has 2 amide bonds. The van der Waals surface area contributed by atoms with E-state index < -0.39 is 17.5 Å². The number of aliphatic carboxylic acids is 1. The largest absolute Gasteiger partial charge is 0.480 e. The van der Waals surface area contributed by atoms with Crippen molar-refractivity contribution in [2.75, 3.05) is 7.05 Å². The molecular weight excluding hydrogens is 258 g/mol. The van der Waals surface area contributed by atoms with Crippen LogP contribution in [0.1, 0.15) is 46.0 Å². The Hall–Kier alpha value is -1.77. The lowest BCUT2D eigenvalue weighted by molar-refractivity contribution is -0.146. The van der Waals surface area contributed by atoms with E-state index >= 15 is 0 Å². The minimum absolute atomic E-state index is 0.223. The highest BCUT2D eigenvalue weighted by molar-refractivity contribution is 5.86. The molecule has 2 N–H and O–H groups in total. The van der Waals surface area contributed by atoms with Gasteiger partial charge in [0.25, 0.3) is 0 Å². The number of urea groups is 1. The Labute approximate surface area is 119 Å². The zero-order valence-corrected chi connectivity index (χ0v) is 12.3. The first kappa shape index (κ1) is 16.3. The second-order valence-corrected chi connectivity index (χ2v) is 5.82. The van der Waals surface area contributed by atoms with Gasteiger partial charge in [-0.3, -0.25) is 0 Å². The molecule has 0 saturated heterocycles. The molecule has 6 nitrogen and oxygen atoms in total. The molecule has 112 valence electrons. The lowest BCUT2D eigenvalue weighted by Gasteiger charge is -2.38. The molecule has 1 aliphatic rings. The first-order valence-corrected chi connectivity index (χ1v) is 6.97. The molecule has 20 heavy (non-hydrogen) atoms. The van der Waals surface area contributed by atoms with Crippen LogP contribution in [0.15, 0.2) is 0 Å². The molecule has 1 saturated carbocycles. The summed E-state index contributed by atoms with van der Waals surface area (Å²) in [4.78, 5) is 25.1. The maximum atomic E-state index is 12.2. The van der Waals surface area contributed by atoms with Gasteiger partial charge in [0.05, 0.1) is 12.5 Å². The predicted molar refractivity (Wildman–Crippen MR) is 74.0 cm³/mol. The van der Waals surface area contributed by atoms with E-state index in [-0.39, 0.29) is 12.5 Å². The number of carboxylic acid groups (broad SMARTS) is 1. The molecule has 0 radical (unpaired) electrons. The van der Waals surface area contributed by atoms with E-state index in [0.717, 1.165) is 12.8 Å². The molecule has 0 spiro atoms. The molecule has 1 rings (SSSR count). The lowest BCUT2D eigenvalue weighted by Crippen LogP contribution is -2.59. The molecular formula is C14H23N3O3. The van der Waals surface area contributed by atoms with Crippen LogP contribution in [0.4, 0.5) is 4.79 Å². The molecule has 0 heterocycles. The van der Waals surface area contributed by atoms with Gasteiger partial charge in [0, 0.05) is 13.1 Å². The van der Waals surface area contributed by atoms with E-state index in [9.17, 15) is 14.7 Å². The van der Waals surface area contributed by atoms with Gasteiger partial charge in [-0.05, 0) is 38.5 Å². The number of nitrogens with one attached hydrogen (secondary N) is 1. The topological polar surface area (TPSA) is 93.4 Å². The summed E-state index contributed by atoms with van der Waals surface area (Å²) in [6.45, 7) is 3.86. The van der Waals surface area contributed by atoms with Crippen molar-refractivity contribution in [3.05, 3.63) is 0 Å². The lowest BCUT2D eigenvalue weighted by atomic mass is 9.77. The van der Waals surface area contributed by atoms with Crippen molar-refractivity contribution in [2.45, 2.75) is 57.5 Å². The van der Waals surface area contributed by atoms with Crippen molar-refractivity contribution >= 4 is 12.0 Å². The quantitative estimate of drug-likeness (QED) is 0.823. The van der Waals surface area contributed by atoms with Gasteiger partial charge in [0.1, 0.15) is 5.54 Å². The van der Waals surface area contributed by atoms with Crippen molar-refractivity contribution in [2.24, 2.45) is 5.92 Å². The SMILES string of the molecule is CC1CCC(NC(=O)N(C)C(C)CC#N)(C(=O)O)CC1. The van der Waals surface area contributed by atoms with Gasteiger partial charge < -0.3 is 15.3 Å². The Morgan fingerprint density at radius 2 is 2.05 bits per heavy atom. The number of amides is 2. The Morgan fingerprint density at radius 1 is 1.50 bits per heavy atom. The second kappa shape index (κ2) is 6.60. The number of carboxylic acids is 1. The Morgan fingerprint density at radius 3 is 2.50 bits per heavy atom. The monoisotopic (exact) mass is 281 g/mol. The molecule has 0 bridgehead atoms. The zero-order valence-electron chi connectivity index (χ0n) is 12.3. The molecule has 0 aromatic rings. The second-order valence-electron chi connectivity index (χ2n) is 5.82. The van der Waals surface area contributed by atoms with Crippen LogP contribution < -0.4 is 5.32 Å². The van der Waals surface area contributed by atoms with Crippen molar-refractivity contribution in [3.63, 3.8) is 0 Å². The molecule has 0 aromatic heterocycles. The highest BCUT2D eigenvalue weighted by Gasteiger charge is 2.43. The van der Waals surface area contributed by atoms with E-state index in [0.29, 0.717) is 18.8 Å². The van der Waals surface area contributed by atoms with Gasteiger partial charge in [-0.15, -0.1) is 0 Å². The van der Waals surface area contributed by atoms with E-state index in [4.69, 9.17) is 5.26 Å². The normalized spacial score (nSPS) is 27.2. The molecule has 1 fully saturated rings. The summed E-state index contributed by atoms with van der Waals surface area (Å²) in [7, 11) is 1.58. The summed E-state index contributed by atoms with van der Waals surface area (Å²) >= 11 is 0. The number of nitriles is 1. The summed E-state index contributed by atoms with van der Waals surface area (Å²) in [6.07, 6.45) is 2.72. The van der Waals surface area contributed by atoms with Crippen LogP contribution in [0.3, 0.4) is 0 Å². The van der Waals surface area contributed by atoms with Gasteiger partial charge in [0.2, 0.25) is 0 Å². The molecule has 1 unspecified atom stereocenters. The molecule has 0 aliphatic heterocycles. The van der Waals surface area contributed by atoms with Gasteiger partial charge in [-0.25, -0.2) is 9.59 Å².